The Balaban J connectivity index is 1.52. The molecule has 1 atom stereocenters. The molecule has 29 heavy (non-hydrogen) atoms. The molecule has 1 saturated heterocycles. The SMILES string of the molecule is COc1ccc(CN2CCN([C@H](C)C(=O)Nc3ccc(F)c(F)c3F)CC2)cc1. The molecule has 2 aromatic rings. The van der Waals surface area contributed by atoms with E-state index in [9.17, 15) is 18.0 Å². The van der Waals surface area contributed by atoms with Crippen molar-refractivity contribution in [2.75, 3.05) is 38.6 Å². The van der Waals surface area contributed by atoms with E-state index in [1.54, 1.807) is 14.0 Å². The Morgan fingerprint density at radius 2 is 1.69 bits per heavy atom. The summed E-state index contributed by atoms with van der Waals surface area (Å²) in [6.07, 6.45) is 0. The average Bonchev–Trinajstić information content (AvgIpc) is 2.74. The van der Waals surface area contributed by atoms with Crippen molar-refractivity contribution in [3.63, 3.8) is 0 Å². The summed E-state index contributed by atoms with van der Waals surface area (Å²) in [5.74, 6) is -3.92. The molecule has 1 aliphatic heterocycles. The summed E-state index contributed by atoms with van der Waals surface area (Å²) >= 11 is 0. The molecule has 1 aliphatic rings. The smallest absolute Gasteiger partial charge is 0.241 e. The van der Waals surface area contributed by atoms with Crippen molar-refractivity contribution in [3.05, 3.63) is 59.4 Å². The maximum atomic E-state index is 13.8. The molecule has 1 N–H and O–H groups in total. The Morgan fingerprint density at radius 3 is 2.31 bits per heavy atom. The molecule has 0 aliphatic carbocycles. The highest BCUT2D eigenvalue weighted by Crippen LogP contribution is 2.20. The van der Waals surface area contributed by atoms with E-state index < -0.39 is 29.4 Å². The second-order valence-electron chi connectivity index (χ2n) is 7.05. The van der Waals surface area contributed by atoms with Gasteiger partial charge in [-0.1, -0.05) is 12.1 Å². The number of halogens is 3. The predicted octanol–water partition coefficient (Wildman–Crippen LogP) is 3.26. The van der Waals surface area contributed by atoms with E-state index in [1.165, 1.54) is 5.56 Å². The Hall–Kier alpha value is -2.58. The van der Waals surface area contributed by atoms with Gasteiger partial charge in [0, 0.05) is 32.7 Å². The molecule has 2 aromatic carbocycles. The third kappa shape index (κ3) is 5.07. The largest absolute Gasteiger partial charge is 0.497 e. The summed E-state index contributed by atoms with van der Waals surface area (Å²) in [5, 5.41) is 2.35. The molecule has 1 fully saturated rings. The highest BCUT2D eigenvalue weighted by molar-refractivity contribution is 5.94. The Kier molecular flexibility index (Phi) is 6.76. The van der Waals surface area contributed by atoms with E-state index in [2.05, 4.69) is 10.2 Å². The number of ether oxygens (including phenoxy) is 1. The van der Waals surface area contributed by atoms with Crippen LogP contribution in [-0.2, 0) is 11.3 Å². The number of hydrogen-bond donors (Lipinski definition) is 1. The van der Waals surface area contributed by atoms with E-state index in [4.69, 9.17) is 4.74 Å². The number of carbonyl (C=O) groups is 1. The van der Waals surface area contributed by atoms with Gasteiger partial charge in [0.05, 0.1) is 18.8 Å². The number of nitrogens with zero attached hydrogens (tertiary/aromatic N) is 2. The minimum Gasteiger partial charge on any atom is -0.497 e. The van der Waals surface area contributed by atoms with Crippen molar-refractivity contribution < 1.29 is 22.7 Å². The average molecular weight is 407 g/mol. The summed E-state index contributed by atoms with van der Waals surface area (Å²) < 4.78 is 45.3. The Labute approximate surface area is 168 Å². The van der Waals surface area contributed by atoms with Gasteiger partial charge in [0.1, 0.15) is 5.75 Å². The third-order valence-electron chi connectivity index (χ3n) is 5.19. The van der Waals surface area contributed by atoms with Gasteiger partial charge < -0.3 is 10.1 Å². The summed E-state index contributed by atoms with van der Waals surface area (Å²) in [6, 6.07) is 9.19. The molecule has 1 amide bonds. The van der Waals surface area contributed by atoms with Crippen molar-refractivity contribution in [1.82, 2.24) is 9.80 Å². The normalized spacial score (nSPS) is 16.4. The molecular formula is C21H24F3N3O2. The van der Waals surface area contributed by atoms with Crippen LogP contribution in [0.4, 0.5) is 18.9 Å². The number of methoxy groups -OCH3 is 1. The first-order chi connectivity index (χ1) is 13.9. The summed E-state index contributed by atoms with van der Waals surface area (Å²) in [4.78, 5) is 16.7. The van der Waals surface area contributed by atoms with Gasteiger partial charge >= 0.3 is 0 Å². The Bertz CT molecular complexity index is 853. The maximum absolute atomic E-state index is 13.8. The maximum Gasteiger partial charge on any atom is 0.241 e. The van der Waals surface area contributed by atoms with Crippen molar-refractivity contribution in [2.24, 2.45) is 0 Å². The number of anilines is 1. The van der Waals surface area contributed by atoms with Crippen LogP contribution in [0, 0.1) is 17.5 Å². The lowest BCUT2D eigenvalue weighted by molar-refractivity contribution is -0.121. The summed E-state index contributed by atoms with van der Waals surface area (Å²) in [6.45, 7) is 5.42. The van der Waals surface area contributed by atoms with Crippen LogP contribution in [0.15, 0.2) is 36.4 Å². The van der Waals surface area contributed by atoms with Gasteiger partial charge in [0.25, 0.3) is 0 Å². The number of amides is 1. The van der Waals surface area contributed by atoms with Gasteiger partial charge in [-0.2, -0.15) is 0 Å². The number of benzene rings is 2. The number of hydrogen-bond acceptors (Lipinski definition) is 4. The zero-order valence-electron chi connectivity index (χ0n) is 16.4. The van der Waals surface area contributed by atoms with Gasteiger partial charge in [-0.05, 0) is 36.8 Å². The van der Waals surface area contributed by atoms with Crippen LogP contribution in [0.3, 0.4) is 0 Å². The molecule has 5 nitrogen and oxygen atoms in total. The molecule has 1 heterocycles. The fourth-order valence-electron chi connectivity index (χ4n) is 3.32. The van der Waals surface area contributed by atoms with Crippen LogP contribution < -0.4 is 10.1 Å². The number of piperazine rings is 1. The minimum absolute atomic E-state index is 0.362. The summed E-state index contributed by atoms with van der Waals surface area (Å²) in [7, 11) is 1.63. The van der Waals surface area contributed by atoms with Gasteiger partial charge in [0.15, 0.2) is 17.5 Å². The molecule has 0 radical (unpaired) electrons. The van der Waals surface area contributed by atoms with Crippen molar-refractivity contribution in [3.8, 4) is 5.75 Å². The van der Waals surface area contributed by atoms with Crippen LogP contribution in [0.2, 0.25) is 0 Å². The zero-order chi connectivity index (χ0) is 21.0. The van der Waals surface area contributed by atoms with Gasteiger partial charge in [0.2, 0.25) is 5.91 Å². The van der Waals surface area contributed by atoms with Gasteiger partial charge in [-0.25, -0.2) is 13.2 Å². The van der Waals surface area contributed by atoms with Crippen LogP contribution in [0.25, 0.3) is 0 Å². The fraction of sp³-hybridized carbons (Fsp3) is 0.381. The minimum atomic E-state index is -1.59. The quantitative estimate of drug-likeness (QED) is 0.747. The molecular weight excluding hydrogens is 383 g/mol. The monoisotopic (exact) mass is 407 g/mol. The standard InChI is InChI=1S/C21H24F3N3O2/c1-14(21(28)25-18-8-7-17(22)19(23)20(18)24)27-11-9-26(10-12-27)13-15-3-5-16(29-2)6-4-15/h3-8,14H,9-13H2,1-2H3,(H,25,28)/t14-/m1/s1. The number of rotatable bonds is 6. The van der Waals surface area contributed by atoms with E-state index in [1.807, 2.05) is 29.2 Å². The van der Waals surface area contributed by atoms with Crippen molar-refractivity contribution in [1.29, 1.82) is 0 Å². The fourth-order valence-corrected chi connectivity index (χ4v) is 3.32. The molecule has 3 rings (SSSR count). The molecule has 0 aromatic heterocycles. The molecule has 8 heteroatoms. The molecule has 156 valence electrons. The van der Waals surface area contributed by atoms with E-state index >= 15 is 0 Å². The van der Waals surface area contributed by atoms with Crippen LogP contribution in [-0.4, -0.2) is 55.0 Å². The van der Waals surface area contributed by atoms with Crippen molar-refractivity contribution in [2.45, 2.75) is 19.5 Å². The van der Waals surface area contributed by atoms with Gasteiger partial charge in [-0.15, -0.1) is 0 Å². The summed E-state index contributed by atoms with van der Waals surface area (Å²) in [5.41, 5.74) is 0.817. The number of carbonyl (C=O) groups excluding carboxylic acids is 1. The van der Waals surface area contributed by atoms with E-state index in [0.29, 0.717) is 13.1 Å². The van der Waals surface area contributed by atoms with Crippen LogP contribution in [0.5, 0.6) is 5.75 Å². The van der Waals surface area contributed by atoms with E-state index in [-0.39, 0.29) is 5.69 Å². The first kappa shape index (κ1) is 21.1. The van der Waals surface area contributed by atoms with Crippen LogP contribution in [0.1, 0.15) is 12.5 Å². The lowest BCUT2D eigenvalue weighted by atomic mass is 10.1. The van der Waals surface area contributed by atoms with Crippen molar-refractivity contribution >= 4 is 11.6 Å². The topological polar surface area (TPSA) is 44.8 Å². The van der Waals surface area contributed by atoms with E-state index in [0.717, 1.165) is 37.5 Å². The lowest BCUT2D eigenvalue weighted by Crippen LogP contribution is -2.52. The zero-order valence-corrected chi connectivity index (χ0v) is 16.4. The number of nitrogens with one attached hydrogen (secondary N) is 1. The lowest BCUT2D eigenvalue weighted by Gasteiger charge is -2.37. The molecule has 0 spiro atoms. The predicted molar refractivity (Wildman–Crippen MR) is 104 cm³/mol. The second-order valence-corrected chi connectivity index (χ2v) is 7.05. The first-order valence-corrected chi connectivity index (χ1v) is 9.42. The van der Waals surface area contributed by atoms with Gasteiger partial charge in [-0.3, -0.25) is 14.6 Å². The third-order valence-corrected chi connectivity index (χ3v) is 5.19. The Morgan fingerprint density at radius 1 is 1.03 bits per heavy atom. The molecule has 0 bridgehead atoms. The first-order valence-electron chi connectivity index (χ1n) is 9.42. The second kappa shape index (κ2) is 9.28. The molecule has 0 saturated carbocycles. The highest BCUT2D eigenvalue weighted by atomic mass is 19.2. The highest BCUT2D eigenvalue weighted by Gasteiger charge is 2.26. The van der Waals surface area contributed by atoms with Crippen LogP contribution >= 0.6 is 0 Å². The molecule has 0 unspecified atom stereocenters.